The lowest BCUT2D eigenvalue weighted by Gasteiger charge is -2.09. The molecule has 1 unspecified atom stereocenters. The normalized spacial score (nSPS) is 12.7. The van der Waals surface area contributed by atoms with Crippen LogP contribution in [0.1, 0.15) is 18.9 Å². The maximum Gasteiger partial charge on any atom is -0.000835 e. The number of nitrogens with one attached hydrogen (secondary N) is 1. The van der Waals surface area contributed by atoms with Crippen molar-refractivity contribution < 1.29 is 0 Å². The molecule has 1 aromatic rings. The van der Waals surface area contributed by atoms with Gasteiger partial charge < -0.3 is 11.1 Å². The number of hydrogen-bond acceptors (Lipinski definition) is 2. The third kappa shape index (κ3) is 5.55. The largest absolute Gasteiger partial charge is 0.330 e. The lowest BCUT2D eigenvalue weighted by atomic mass is 10.1. The summed E-state index contributed by atoms with van der Waals surface area (Å²) in [7, 11) is 0. The van der Waals surface area contributed by atoms with Gasteiger partial charge in [0.25, 0.3) is 0 Å². The first-order valence-electron chi connectivity index (χ1n) is 5.77. The Morgan fingerprint density at radius 1 is 1.20 bits per heavy atom. The van der Waals surface area contributed by atoms with Crippen molar-refractivity contribution in [1.82, 2.24) is 5.32 Å². The molecule has 0 aliphatic carbocycles. The Morgan fingerprint density at radius 3 is 2.60 bits per heavy atom. The summed E-state index contributed by atoms with van der Waals surface area (Å²) < 4.78 is 0. The predicted octanol–water partition coefficient (Wildman–Crippen LogP) is 1.80. The van der Waals surface area contributed by atoms with Crippen LogP contribution in [0.5, 0.6) is 0 Å². The van der Waals surface area contributed by atoms with Crippen LogP contribution >= 0.6 is 0 Å². The Morgan fingerprint density at radius 2 is 1.93 bits per heavy atom. The van der Waals surface area contributed by atoms with E-state index in [1.165, 1.54) is 12.0 Å². The molecule has 2 nitrogen and oxygen atoms in total. The minimum atomic E-state index is 0.634. The van der Waals surface area contributed by atoms with Gasteiger partial charge in [-0.1, -0.05) is 37.3 Å². The molecular weight excluding hydrogens is 184 g/mol. The summed E-state index contributed by atoms with van der Waals surface area (Å²) in [5.74, 6) is 0.634. The highest BCUT2D eigenvalue weighted by molar-refractivity contribution is 5.14. The smallest absolute Gasteiger partial charge is 0.000835 e. The summed E-state index contributed by atoms with van der Waals surface area (Å²) in [6.07, 6.45) is 2.28. The van der Waals surface area contributed by atoms with E-state index in [1.54, 1.807) is 0 Å². The molecule has 0 saturated heterocycles. The van der Waals surface area contributed by atoms with E-state index in [0.29, 0.717) is 5.92 Å². The number of benzene rings is 1. The van der Waals surface area contributed by atoms with E-state index in [9.17, 15) is 0 Å². The molecule has 2 heteroatoms. The quantitative estimate of drug-likeness (QED) is 0.668. The van der Waals surface area contributed by atoms with E-state index in [4.69, 9.17) is 5.73 Å². The van der Waals surface area contributed by atoms with Crippen molar-refractivity contribution in [2.75, 3.05) is 19.6 Å². The standard InChI is InChI=1S/C13H22N2/c1-12(11-14)7-9-15-10-8-13-5-3-2-4-6-13/h2-6,12,15H,7-11,14H2,1H3. The summed E-state index contributed by atoms with van der Waals surface area (Å²) >= 11 is 0. The fraction of sp³-hybridized carbons (Fsp3) is 0.538. The highest BCUT2D eigenvalue weighted by Gasteiger charge is 1.97. The second-order valence-electron chi connectivity index (χ2n) is 4.12. The van der Waals surface area contributed by atoms with Gasteiger partial charge in [-0.15, -0.1) is 0 Å². The molecule has 3 N–H and O–H groups in total. The Balaban J connectivity index is 2.03. The first-order chi connectivity index (χ1) is 7.33. The van der Waals surface area contributed by atoms with Gasteiger partial charge >= 0.3 is 0 Å². The van der Waals surface area contributed by atoms with Crippen LogP contribution < -0.4 is 11.1 Å². The molecule has 0 saturated carbocycles. The second-order valence-corrected chi connectivity index (χ2v) is 4.12. The molecule has 1 atom stereocenters. The number of rotatable bonds is 7. The molecule has 0 aliphatic rings. The first-order valence-corrected chi connectivity index (χ1v) is 5.77. The third-order valence-electron chi connectivity index (χ3n) is 2.65. The van der Waals surface area contributed by atoms with Gasteiger partial charge in [-0.05, 0) is 44.0 Å². The molecule has 84 valence electrons. The van der Waals surface area contributed by atoms with E-state index in [1.807, 2.05) is 0 Å². The van der Waals surface area contributed by atoms with Crippen molar-refractivity contribution in [3.05, 3.63) is 35.9 Å². The van der Waals surface area contributed by atoms with Gasteiger partial charge in [0.1, 0.15) is 0 Å². The molecule has 0 bridgehead atoms. The number of hydrogen-bond donors (Lipinski definition) is 2. The van der Waals surface area contributed by atoms with E-state index >= 15 is 0 Å². The topological polar surface area (TPSA) is 38.0 Å². The van der Waals surface area contributed by atoms with Crippen molar-refractivity contribution in [1.29, 1.82) is 0 Å². The fourth-order valence-corrected chi connectivity index (χ4v) is 1.47. The van der Waals surface area contributed by atoms with Crippen LogP contribution in [-0.2, 0) is 6.42 Å². The van der Waals surface area contributed by atoms with Crippen LogP contribution in [0.15, 0.2) is 30.3 Å². The van der Waals surface area contributed by atoms with Gasteiger partial charge in [0.15, 0.2) is 0 Å². The molecule has 0 aromatic heterocycles. The summed E-state index contributed by atoms with van der Waals surface area (Å²) in [4.78, 5) is 0. The molecular formula is C13H22N2. The van der Waals surface area contributed by atoms with Crippen LogP contribution in [0.4, 0.5) is 0 Å². The van der Waals surface area contributed by atoms with Crippen molar-refractivity contribution >= 4 is 0 Å². The highest BCUT2D eigenvalue weighted by atomic mass is 14.8. The van der Waals surface area contributed by atoms with Gasteiger partial charge in [0.05, 0.1) is 0 Å². The average molecular weight is 206 g/mol. The molecule has 0 heterocycles. The van der Waals surface area contributed by atoms with E-state index in [2.05, 4.69) is 42.6 Å². The Kier molecular flexibility index (Phi) is 6.05. The molecule has 0 spiro atoms. The van der Waals surface area contributed by atoms with E-state index in [0.717, 1.165) is 26.1 Å². The SMILES string of the molecule is CC(CN)CCNCCc1ccccc1. The summed E-state index contributed by atoms with van der Waals surface area (Å²) in [6.45, 7) is 5.12. The van der Waals surface area contributed by atoms with Crippen molar-refractivity contribution in [3.8, 4) is 0 Å². The van der Waals surface area contributed by atoms with E-state index in [-0.39, 0.29) is 0 Å². The number of nitrogens with two attached hydrogens (primary N) is 1. The molecule has 1 aromatic carbocycles. The molecule has 0 radical (unpaired) electrons. The Bertz CT molecular complexity index is 246. The van der Waals surface area contributed by atoms with E-state index < -0.39 is 0 Å². The molecule has 0 amide bonds. The monoisotopic (exact) mass is 206 g/mol. The van der Waals surface area contributed by atoms with Crippen molar-refractivity contribution in [3.63, 3.8) is 0 Å². The van der Waals surface area contributed by atoms with Crippen LogP contribution in [0.3, 0.4) is 0 Å². The molecule has 0 fully saturated rings. The van der Waals surface area contributed by atoms with Crippen LogP contribution in [0, 0.1) is 5.92 Å². The maximum absolute atomic E-state index is 5.55. The van der Waals surface area contributed by atoms with Crippen molar-refractivity contribution in [2.45, 2.75) is 19.8 Å². The summed E-state index contributed by atoms with van der Waals surface area (Å²) in [5, 5.41) is 3.44. The Hall–Kier alpha value is -0.860. The van der Waals surface area contributed by atoms with Gasteiger partial charge in [-0.25, -0.2) is 0 Å². The third-order valence-corrected chi connectivity index (χ3v) is 2.65. The summed E-state index contributed by atoms with van der Waals surface area (Å²) in [6, 6.07) is 10.6. The minimum absolute atomic E-state index is 0.634. The maximum atomic E-state index is 5.55. The highest BCUT2D eigenvalue weighted by Crippen LogP contribution is 1.99. The molecule has 15 heavy (non-hydrogen) atoms. The zero-order chi connectivity index (χ0) is 10.9. The molecule has 0 aliphatic heterocycles. The lowest BCUT2D eigenvalue weighted by molar-refractivity contribution is 0.511. The fourth-order valence-electron chi connectivity index (χ4n) is 1.47. The van der Waals surface area contributed by atoms with Crippen molar-refractivity contribution in [2.24, 2.45) is 11.7 Å². The Labute approximate surface area is 92.9 Å². The average Bonchev–Trinajstić information content (AvgIpc) is 2.29. The summed E-state index contributed by atoms with van der Waals surface area (Å²) in [5.41, 5.74) is 6.95. The lowest BCUT2D eigenvalue weighted by Crippen LogP contribution is -2.22. The van der Waals surface area contributed by atoms with Gasteiger partial charge in [-0.3, -0.25) is 0 Å². The zero-order valence-electron chi connectivity index (χ0n) is 9.58. The van der Waals surface area contributed by atoms with Crippen LogP contribution in [0.25, 0.3) is 0 Å². The van der Waals surface area contributed by atoms with Crippen LogP contribution in [0.2, 0.25) is 0 Å². The predicted molar refractivity (Wildman–Crippen MR) is 65.9 cm³/mol. The van der Waals surface area contributed by atoms with Gasteiger partial charge in [0.2, 0.25) is 0 Å². The second kappa shape index (κ2) is 7.43. The zero-order valence-corrected chi connectivity index (χ0v) is 9.58. The van der Waals surface area contributed by atoms with Gasteiger partial charge in [0, 0.05) is 0 Å². The molecule has 1 rings (SSSR count). The minimum Gasteiger partial charge on any atom is -0.330 e. The van der Waals surface area contributed by atoms with Gasteiger partial charge in [-0.2, -0.15) is 0 Å². The van der Waals surface area contributed by atoms with Crippen LogP contribution in [-0.4, -0.2) is 19.6 Å². The first kappa shape index (κ1) is 12.2.